The van der Waals surface area contributed by atoms with Gasteiger partial charge < -0.3 is 16.4 Å². The van der Waals surface area contributed by atoms with E-state index in [9.17, 15) is 4.79 Å². The quantitative estimate of drug-likeness (QED) is 0.515. The van der Waals surface area contributed by atoms with Gasteiger partial charge in [0.05, 0.1) is 6.42 Å². The molecule has 5 heteroatoms. The Morgan fingerprint density at radius 2 is 1.82 bits per heavy atom. The Balaban J connectivity index is 1.54. The van der Waals surface area contributed by atoms with Crippen LogP contribution < -0.4 is 16.4 Å². The number of carbonyl (C=O) groups is 1. The van der Waals surface area contributed by atoms with Crippen LogP contribution in [0.2, 0.25) is 0 Å². The largest absolute Gasteiger partial charge is 0.399 e. The number of nitrogen functional groups attached to an aromatic ring is 1. The van der Waals surface area contributed by atoms with Gasteiger partial charge in [-0.3, -0.25) is 4.79 Å². The second-order valence-electron chi connectivity index (χ2n) is 5.12. The van der Waals surface area contributed by atoms with Crippen molar-refractivity contribution in [3.63, 3.8) is 0 Å². The van der Waals surface area contributed by atoms with Crippen LogP contribution >= 0.6 is 0 Å². The van der Waals surface area contributed by atoms with Crippen LogP contribution in [0.25, 0.3) is 0 Å². The first kappa shape index (κ1) is 15.8. The zero-order valence-corrected chi connectivity index (χ0v) is 12.6. The number of nitrogens with one attached hydrogen (secondary N) is 2. The topological polar surface area (TPSA) is 80.0 Å². The van der Waals surface area contributed by atoms with Crippen molar-refractivity contribution >= 4 is 17.4 Å². The summed E-state index contributed by atoms with van der Waals surface area (Å²) in [5.74, 6) is 0.928. The summed E-state index contributed by atoms with van der Waals surface area (Å²) in [7, 11) is 0. The van der Waals surface area contributed by atoms with Crippen molar-refractivity contribution in [1.82, 2.24) is 10.3 Å². The molecule has 1 aromatic carbocycles. The Hall–Kier alpha value is -2.56. The summed E-state index contributed by atoms with van der Waals surface area (Å²) in [6.07, 6.45) is 4.08. The van der Waals surface area contributed by atoms with Crippen LogP contribution in [0.15, 0.2) is 48.7 Å². The standard InChI is InChI=1S/C17H22N4O/c18-15-8-6-14(7-9-15)13-17(22)21-12-4-3-11-20-16-5-1-2-10-19-16/h1-2,5-10H,3-4,11-13,18H2,(H,19,20)(H,21,22). The summed E-state index contributed by atoms with van der Waals surface area (Å²) in [4.78, 5) is 16.0. The van der Waals surface area contributed by atoms with Crippen LogP contribution in [0.4, 0.5) is 11.5 Å². The molecule has 0 aliphatic carbocycles. The van der Waals surface area contributed by atoms with Crippen LogP contribution in [-0.4, -0.2) is 24.0 Å². The SMILES string of the molecule is Nc1ccc(CC(=O)NCCCCNc2ccccn2)cc1. The number of amides is 1. The summed E-state index contributed by atoms with van der Waals surface area (Å²) in [6, 6.07) is 13.2. The van der Waals surface area contributed by atoms with E-state index in [1.165, 1.54) is 0 Å². The number of anilines is 2. The fraction of sp³-hybridized carbons (Fsp3) is 0.294. The highest BCUT2D eigenvalue weighted by molar-refractivity contribution is 5.78. The lowest BCUT2D eigenvalue weighted by atomic mass is 10.1. The fourth-order valence-corrected chi connectivity index (χ4v) is 2.04. The molecular weight excluding hydrogens is 276 g/mol. The van der Waals surface area contributed by atoms with Gasteiger partial charge in [0.1, 0.15) is 5.82 Å². The second kappa shape index (κ2) is 8.67. The molecule has 0 aliphatic rings. The third kappa shape index (κ3) is 5.83. The van der Waals surface area contributed by atoms with Crippen LogP contribution in [0.3, 0.4) is 0 Å². The Morgan fingerprint density at radius 1 is 1.05 bits per heavy atom. The third-order valence-electron chi connectivity index (χ3n) is 3.24. The summed E-state index contributed by atoms with van der Waals surface area (Å²) < 4.78 is 0. The van der Waals surface area contributed by atoms with Gasteiger partial charge in [0.2, 0.25) is 5.91 Å². The lowest BCUT2D eigenvalue weighted by Crippen LogP contribution is -2.26. The first-order valence-electron chi connectivity index (χ1n) is 7.50. The monoisotopic (exact) mass is 298 g/mol. The molecule has 1 amide bonds. The molecule has 0 aliphatic heterocycles. The number of nitrogens with zero attached hydrogens (tertiary/aromatic N) is 1. The van der Waals surface area contributed by atoms with Crippen molar-refractivity contribution in [3.05, 3.63) is 54.2 Å². The minimum atomic E-state index is 0.0439. The molecule has 0 unspecified atom stereocenters. The molecule has 1 heterocycles. The minimum Gasteiger partial charge on any atom is -0.399 e. The van der Waals surface area contributed by atoms with E-state index in [-0.39, 0.29) is 5.91 Å². The van der Waals surface area contributed by atoms with Crippen LogP contribution in [0.1, 0.15) is 18.4 Å². The van der Waals surface area contributed by atoms with E-state index in [4.69, 9.17) is 5.73 Å². The predicted octanol–water partition coefficient (Wildman–Crippen LogP) is 2.21. The molecule has 0 saturated heterocycles. The van der Waals surface area contributed by atoms with Gasteiger partial charge in [0.15, 0.2) is 0 Å². The van der Waals surface area contributed by atoms with E-state index in [1.54, 1.807) is 6.20 Å². The lowest BCUT2D eigenvalue weighted by Gasteiger charge is -2.07. The maximum absolute atomic E-state index is 11.8. The normalized spacial score (nSPS) is 10.2. The molecule has 22 heavy (non-hydrogen) atoms. The zero-order valence-electron chi connectivity index (χ0n) is 12.6. The van der Waals surface area contributed by atoms with Crippen molar-refractivity contribution in [2.45, 2.75) is 19.3 Å². The highest BCUT2D eigenvalue weighted by Gasteiger charge is 2.02. The lowest BCUT2D eigenvalue weighted by molar-refractivity contribution is -0.120. The van der Waals surface area contributed by atoms with Gasteiger partial charge in [0.25, 0.3) is 0 Å². The van der Waals surface area contributed by atoms with Crippen molar-refractivity contribution in [3.8, 4) is 0 Å². The van der Waals surface area contributed by atoms with Gasteiger partial charge in [-0.05, 0) is 42.7 Å². The van der Waals surface area contributed by atoms with E-state index >= 15 is 0 Å². The molecule has 0 spiro atoms. The number of aromatic nitrogens is 1. The van der Waals surface area contributed by atoms with Crippen molar-refractivity contribution in [1.29, 1.82) is 0 Å². The van der Waals surface area contributed by atoms with Gasteiger partial charge >= 0.3 is 0 Å². The van der Waals surface area contributed by atoms with Gasteiger partial charge in [-0.25, -0.2) is 4.98 Å². The molecule has 2 aromatic rings. The number of unbranched alkanes of at least 4 members (excludes halogenated alkanes) is 1. The molecule has 5 nitrogen and oxygen atoms in total. The number of hydrogen-bond acceptors (Lipinski definition) is 4. The van der Waals surface area contributed by atoms with E-state index in [0.29, 0.717) is 18.7 Å². The molecule has 116 valence electrons. The zero-order chi connectivity index (χ0) is 15.6. The first-order valence-corrected chi connectivity index (χ1v) is 7.50. The Bertz CT molecular complexity index is 569. The molecule has 0 bridgehead atoms. The summed E-state index contributed by atoms with van der Waals surface area (Å²) in [6.45, 7) is 1.54. The average Bonchev–Trinajstić information content (AvgIpc) is 2.54. The Morgan fingerprint density at radius 3 is 2.55 bits per heavy atom. The summed E-state index contributed by atoms with van der Waals surface area (Å²) >= 11 is 0. The van der Waals surface area contributed by atoms with Crippen molar-refractivity contribution < 1.29 is 4.79 Å². The van der Waals surface area contributed by atoms with E-state index in [0.717, 1.165) is 30.8 Å². The maximum atomic E-state index is 11.8. The predicted molar refractivity (Wildman–Crippen MR) is 89.5 cm³/mol. The van der Waals surface area contributed by atoms with E-state index < -0.39 is 0 Å². The van der Waals surface area contributed by atoms with Crippen LogP contribution in [0.5, 0.6) is 0 Å². The number of carbonyl (C=O) groups excluding carboxylic acids is 1. The third-order valence-corrected chi connectivity index (χ3v) is 3.24. The molecule has 0 radical (unpaired) electrons. The highest BCUT2D eigenvalue weighted by Crippen LogP contribution is 2.06. The number of rotatable bonds is 8. The summed E-state index contributed by atoms with van der Waals surface area (Å²) in [5, 5.41) is 6.17. The van der Waals surface area contributed by atoms with Gasteiger partial charge in [-0.15, -0.1) is 0 Å². The van der Waals surface area contributed by atoms with E-state index in [1.807, 2.05) is 42.5 Å². The van der Waals surface area contributed by atoms with Crippen LogP contribution in [-0.2, 0) is 11.2 Å². The number of hydrogen-bond donors (Lipinski definition) is 3. The average molecular weight is 298 g/mol. The molecule has 4 N–H and O–H groups in total. The summed E-state index contributed by atoms with van der Waals surface area (Å²) in [5.41, 5.74) is 7.30. The fourth-order valence-electron chi connectivity index (χ4n) is 2.04. The highest BCUT2D eigenvalue weighted by atomic mass is 16.1. The number of nitrogens with two attached hydrogens (primary N) is 1. The number of pyridine rings is 1. The number of benzene rings is 1. The van der Waals surface area contributed by atoms with Gasteiger partial charge in [-0.1, -0.05) is 18.2 Å². The minimum absolute atomic E-state index is 0.0439. The molecule has 0 saturated carbocycles. The van der Waals surface area contributed by atoms with Crippen molar-refractivity contribution in [2.75, 3.05) is 24.1 Å². The smallest absolute Gasteiger partial charge is 0.224 e. The van der Waals surface area contributed by atoms with E-state index in [2.05, 4.69) is 15.6 Å². The molecule has 1 aromatic heterocycles. The second-order valence-corrected chi connectivity index (χ2v) is 5.12. The Labute approximate surface area is 130 Å². The molecule has 0 atom stereocenters. The molecule has 0 fully saturated rings. The Kier molecular flexibility index (Phi) is 6.23. The van der Waals surface area contributed by atoms with Gasteiger partial charge in [0, 0.05) is 25.0 Å². The molecular formula is C17H22N4O. The maximum Gasteiger partial charge on any atom is 0.224 e. The molecule has 2 rings (SSSR count). The van der Waals surface area contributed by atoms with Gasteiger partial charge in [-0.2, -0.15) is 0 Å². The van der Waals surface area contributed by atoms with Crippen molar-refractivity contribution in [2.24, 2.45) is 0 Å². The first-order chi connectivity index (χ1) is 10.7. The van der Waals surface area contributed by atoms with Crippen LogP contribution in [0, 0.1) is 0 Å².